The van der Waals surface area contributed by atoms with Crippen LogP contribution in [0.5, 0.6) is 0 Å². The second-order valence-corrected chi connectivity index (χ2v) is 27.9. The molecule has 0 fully saturated rings. The maximum absolute atomic E-state index is 4.78. The quantitative estimate of drug-likeness (QED) is 0.142. The van der Waals surface area contributed by atoms with Crippen molar-refractivity contribution in [3.63, 3.8) is 0 Å². The van der Waals surface area contributed by atoms with Crippen molar-refractivity contribution in [3.8, 4) is 67.5 Å². The Morgan fingerprint density at radius 3 is 1.16 bits per heavy atom. The maximum Gasteiger partial charge on any atom is 0.0765 e. The summed E-state index contributed by atoms with van der Waals surface area (Å²) in [4.78, 5) is 55.3. The molecule has 0 bridgehead atoms. The van der Waals surface area contributed by atoms with E-state index in [9.17, 15) is 0 Å². The van der Waals surface area contributed by atoms with Gasteiger partial charge < -0.3 is 0 Å². The summed E-state index contributed by atoms with van der Waals surface area (Å²) in [7, 11) is 0. The lowest BCUT2D eigenvalue weighted by atomic mass is 10.0. The molecule has 12 heteroatoms. The molecule has 0 amide bonds. The van der Waals surface area contributed by atoms with Gasteiger partial charge in [0.2, 0.25) is 0 Å². The van der Waals surface area contributed by atoms with Crippen LogP contribution in [0.2, 0.25) is 0 Å². The van der Waals surface area contributed by atoms with Gasteiger partial charge in [-0.1, -0.05) is 18.2 Å². The zero-order chi connectivity index (χ0) is 69.4. The molecule has 12 aromatic heterocycles. The van der Waals surface area contributed by atoms with Crippen LogP contribution in [0.25, 0.3) is 67.5 Å². The Kier molecular flexibility index (Phi) is 17.8. The molecular formula is C86H88N12. The van der Waals surface area contributed by atoms with Gasteiger partial charge in [-0.2, -0.15) is 0 Å². The van der Waals surface area contributed by atoms with Gasteiger partial charge in [0.15, 0.2) is 0 Å². The van der Waals surface area contributed by atoms with Crippen LogP contribution in [-0.2, 0) is 38.5 Å². The summed E-state index contributed by atoms with van der Waals surface area (Å²) in [5.41, 5.74) is 54.0. The number of aromatic nitrogens is 12. The molecular weight excluding hydrogens is 1200 g/mol. The molecule has 98 heavy (non-hydrogen) atoms. The van der Waals surface area contributed by atoms with Crippen LogP contribution in [0, 0.1) is 138 Å². The van der Waals surface area contributed by atoms with Gasteiger partial charge in [-0.3, -0.25) is 59.8 Å². The van der Waals surface area contributed by atoms with Crippen molar-refractivity contribution in [2.24, 2.45) is 0 Å². The Hall–Kier alpha value is -10.2. The van der Waals surface area contributed by atoms with E-state index >= 15 is 0 Å². The van der Waals surface area contributed by atoms with Crippen molar-refractivity contribution in [1.29, 1.82) is 0 Å². The summed E-state index contributed by atoms with van der Waals surface area (Å²) in [5, 5.41) is 0. The van der Waals surface area contributed by atoms with Gasteiger partial charge in [-0.25, -0.2) is 0 Å². The monoisotopic (exact) mass is 1290 g/mol. The fourth-order valence-corrected chi connectivity index (χ4v) is 14.5. The summed E-state index contributed by atoms with van der Waals surface area (Å²) < 4.78 is 0. The minimum Gasteiger partial charge on any atom is -0.260 e. The first-order chi connectivity index (χ1) is 46.8. The Bertz CT molecular complexity index is 5290. The number of hydrogen-bond acceptors (Lipinski definition) is 12. The average molecular weight is 1290 g/mol. The molecule has 0 atom stereocenters. The van der Waals surface area contributed by atoms with Crippen LogP contribution in [-0.4, -0.2) is 59.8 Å². The van der Waals surface area contributed by atoms with E-state index in [0.717, 1.165) is 124 Å². The van der Waals surface area contributed by atoms with E-state index in [1.54, 1.807) is 0 Å². The molecule has 0 radical (unpaired) electrons. The Morgan fingerprint density at radius 2 is 0.622 bits per heavy atom. The Balaban J connectivity index is 0.000000106. The molecule has 492 valence electrons. The van der Waals surface area contributed by atoms with E-state index < -0.39 is 0 Å². The van der Waals surface area contributed by atoms with E-state index in [1.807, 2.05) is 44.0 Å². The highest BCUT2D eigenvalue weighted by atomic mass is 14.8. The predicted octanol–water partition coefficient (Wildman–Crippen LogP) is 18.5. The lowest BCUT2D eigenvalue weighted by Crippen LogP contribution is -1.98. The molecule has 0 N–H and O–H groups in total. The standard InChI is InChI=1S/2C15H16N2.4C14H14N2/c1-8-5-13-14(16-7-8)6-12-10(3)9(2)11(4)17-15(12)13;1-8-5-6-16-13-7-12-10(3)9(2)11(4)17-15(12)14(8)13;1-8-4-12-13(15-7-8)6-11-5-9(2)10(3)16-14(11)12;1-8-6-11-7-13-12(5-4-9(2)15-13)14(11)16-10(8)3;1-8-4-5-15-12-7-11-6-9(2)10(3)16-14(11)13(8)12;1-8-9(2)12-7-13-11(5-4-6-15-13)14(12)16-10(8)3/h5,7H,6H2,1-4H3;5-6H,7H2,1-4H3;4-5,7H,6H2,1-3H3;3*4-6H,7H2,1-3H3. The van der Waals surface area contributed by atoms with Gasteiger partial charge in [0.25, 0.3) is 0 Å². The number of aryl methyl sites for hydroxylation is 14. The molecule has 0 saturated heterocycles. The average Bonchev–Trinajstić information content (AvgIpc) is 1.63. The van der Waals surface area contributed by atoms with Crippen LogP contribution in [0.3, 0.4) is 0 Å². The molecule has 12 aromatic rings. The molecule has 0 aliphatic heterocycles. The number of pyridine rings is 12. The zero-order valence-corrected chi connectivity index (χ0v) is 60.8. The van der Waals surface area contributed by atoms with Crippen molar-refractivity contribution in [1.82, 2.24) is 59.8 Å². The van der Waals surface area contributed by atoms with Gasteiger partial charge in [-0.15, -0.1) is 0 Å². The first-order valence-corrected chi connectivity index (χ1v) is 34.4. The van der Waals surface area contributed by atoms with Crippen molar-refractivity contribution >= 4 is 0 Å². The van der Waals surface area contributed by atoms with Crippen LogP contribution in [0.4, 0.5) is 0 Å². The minimum absolute atomic E-state index is 0.930. The first-order valence-electron chi connectivity index (χ1n) is 34.4. The normalized spacial score (nSPS) is 12.4. The second-order valence-electron chi connectivity index (χ2n) is 27.9. The minimum atomic E-state index is 0.930. The summed E-state index contributed by atoms with van der Waals surface area (Å²) in [6.07, 6.45) is 15.1. The zero-order valence-electron chi connectivity index (χ0n) is 60.8. The van der Waals surface area contributed by atoms with Crippen molar-refractivity contribution in [3.05, 3.63) is 277 Å². The summed E-state index contributed by atoms with van der Waals surface area (Å²) in [6.45, 7) is 42.3. The molecule has 6 aliphatic carbocycles. The molecule has 12 nitrogen and oxygen atoms in total. The van der Waals surface area contributed by atoms with Crippen LogP contribution in [0.1, 0.15) is 180 Å². The Labute approximate surface area is 578 Å². The molecule has 18 rings (SSSR count). The molecule has 12 heterocycles. The number of nitrogens with zero attached hydrogens (tertiary/aromatic N) is 12. The topological polar surface area (TPSA) is 155 Å². The highest BCUT2D eigenvalue weighted by Crippen LogP contribution is 2.43. The summed E-state index contributed by atoms with van der Waals surface area (Å²) in [6, 6.07) is 23.6. The molecule has 0 spiro atoms. The third-order valence-electron chi connectivity index (χ3n) is 21.3. The summed E-state index contributed by atoms with van der Waals surface area (Å²) >= 11 is 0. The lowest BCUT2D eigenvalue weighted by molar-refractivity contribution is 1.06. The highest BCUT2D eigenvalue weighted by molar-refractivity contribution is 5.79. The van der Waals surface area contributed by atoms with E-state index in [-0.39, 0.29) is 0 Å². The number of rotatable bonds is 0. The van der Waals surface area contributed by atoms with E-state index in [4.69, 9.17) is 24.9 Å². The Morgan fingerprint density at radius 1 is 0.255 bits per heavy atom. The first kappa shape index (κ1) is 66.4. The van der Waals surface area contributed by atoms with Crippen molar-refractivity contribution in [2.45, 2.75) is 177 Å². The smallest absolute Gasteiger partial charge is 0.0765 e. The van der Waals surface area contributed by atoms with Gasteiger partial charge in [0.05, 0.1) is 68.3 Å². The largest absolute Gasteiger partial charge is 0.260 e. The number of hydrogen-bond donors (Lipinski definition) is 0. The maximum atomic E-state index is 4.78. The van der Waals surface area contributed by atoms with Gasteiger partial charge >= 0.3 is 0 Å². The molecule has 0 unspecified atom stereocenters. The SMILES string of the molecule is Cc1cc2c(nc1C)-c1c(C)ccnc1C2.Cc1ccc2c(n1)Cc1cc(C)c(C)nc1-2.Cc1ccnc2c1-c1nc(C)c(C)c(C)c1C2.Cc1cnc2c(c1)-c1nc(C)c(C)c(C)c1C2.Cc1cnc2c(c1)-c1nc(C)c(C)cc1C2.Cc1nc2c(c(C)c1C)Cc1ncccc1-2. The molecule has 0 aromatic carbocycles. The molecule has 0 saturated carbocycles. The van der Waals surface area contributed by atoms with Crippen LogP contribution < -0.4 is 0 Å². The van der Waals surface area contributed by atoms with Crippen molar-refractivity contribution < 1.29 is 0 Å². The van der Waals surface area contributed by atoms with Gasteiger partial charge in [0, 0.05) is 143 Å². The lowest BCUT2D eigenvalue weighted by Gasteiger charge is -2.10. The van der Waals surface area contributed by atoms with Gasteiger partial charge in [0.1, 0.15) is 0 Å². The van der Waals surface area contributed by atoms with E-state index in [1.165, 1.54) is 162 Å². The van der Waals surface area contributed by atoms with Crippen LogP contribution in [0.15, 0.2) is 97.7 Å². The highest BCUT2D eigenvalue weighted by Gasteiger charge is 2.30. The number of fused-ring (bicyclic) bond motifs is 18. The van der Waals surface area contributed by atoms with Gasteiger partial charge in [-0.05, 0) is 293 Å². The predicted molar refractivity (Wildman–Crippen MR) is 396 cm³/mol. The third kappa shape index (κ3) is 12.3. The molecule has 6 aliphatic rings. The van der Waals surface area contributed by atoms with E-state index in [0.29, 0.717) is 0 Å². The fraction of sp³-hybridized carbons (Fsp3) is 0.302. The van der Waals surface area contributed by atoms with Crippen molar-refractivity contribution in [2.75, 3.05) is 0 Å². The van der Waals surface area contributed by atoms with Crippen LogP contribution >= 0.6 is 0 Å². The third-order valence-corrected chi connectivity index (χ3v) is 21.3. The van der Waals surface area contributed by atoms with E-state index in [2.05, 4.69) is 227 Å². The summed E-state index contributed by atoms with van der Waals surface area (Å²) in [5.74, 6) is 0. The fourth-order valence-electron chi connectivity index (χ4n) is 14.5. The second kappa shape index (κ2) is 26.3.